The second-order valence-corrected chi connectivity index (χ2v) is 7.57. The van der Waals surface area contributed by atoms with Crippen molar-refractivity contribution in [3.63, 3.8) is 0 Å². The standard InChI is InChI=1S/C18H12BrCl2N5O3/c19-13-4-1-11(2-5-13)9-25-10-16(26(28)29)17(24-25)18(27)23-22-8-12-3-6-14(20)7-15(12)21/h1-8,10H,9H2,(H,23,27). The lowest BCUT2D eigenvalue weighted by Gasteiger charge is -2.01. The zero-order valence-corrected chi connectivity index (χ0v) is 17.6. The molecule has 0 aliphatic carbocycles. The van der Waals surface area contributed by atoms with Crippen LogP contribution in [0.3, 0.4) is 0 Å². The predicted octanol–water partition coefficient (Wildman–Crippen LogP) is 4.67. The van der Waals surface area contributed by atoms with Crippen LogP contribution < -0.4 is 5.43 Å². The molecule has 1 heterocycles. The quantitative estimate of drug-likeness (QED) is 0.304. The van der Waals surface area contributed by atoms with E-state index in [1.807, 2.05) is 24.3 Å². The second kappa shape index (κ2) is 9.17. The van der Waals surface area contributed by atoms with Gasteiger partial charge < -0.3 is 0 Å². The summed E-state index contributed by atoms with van der Waals surface area (Å²) in [5.41, 5.74) is 2.85. The first-order valence-corrected chi connectivity index (χ1v) is 9.63. The minimum Gasteiger partial charge on any atom is -0.265 e. The van der Waals surface area contributed by atoms with Crippen molar-refractivity contribution in [3.05, 3.63) is 90.1 Å². The highest BCUT2D eigenvalue weighted by atomic mass is 79.9. The Morgan fingerprint density at radius 2 is 2.00 bits per heavy atom. The first-order valence-electron chi connectivity index (χ1n) is 8.08. The van der Waals surface area contributed by atoms with Crippen LogP contribution in [0.25, 0.3) is 0 Å². The Bertz CT molecular complexity index is 1100. The van der Waals surface area contributed by atoms with Crippen LogP contribution in [0.2, 0.25) is 10.0 Å². The number of amides is 1. The molecule has 29 heavy (non-hydrogen) atoms. The van der Waals surface area contributed by atoms with Crippen molar-refractivity contribution in [2.75, 3.05) is 0 Å². The van der Waals surface area contributed by atoms with Gasteiger partial charge in [0.05, 0.1) is 22.7 Å². The van der Waals surface area contributed by atoms with E-state index < -0.39 is 16.5 Å². The van der Waals surface area contributed by atoms with E-state index in [0.29, 0.717) is 15.6 Å². The number of nitro groups is 1. The average Bonchev–Trinajstić information content (AvgIpc) is 3.09. The molecule has 0 unspecified atom stereocenters. The third kappa shape index (κ3) is 5.41. The Balaban J connectivity index is 1.76. The Morgan fingerprint density at radius 3 is 2.66 bits per heavy atom. The highest BCUT2D eigenvalue weighted by molar-refractivity contribution is 9.10. The summed E-state index contributed by atoms with van der Waals surface area (Å²) in [6.07, 6.45) is 2.51. The number of benzene rings is 2. The molecule has 0 saturated carbocycles. The van der Waals surface area contributed by atoms with Crippen LogP contribution >= 0.6 is 39.1 Å². The number of hydrazone groups is 1. The monoisotopic (exact) mass is 495 g/mol. The van der Waals surface area contributed by atoms with E-state index in [4.69, 9.17) is 23.2 Å². The highest BCUT2D eigenvalue weighted by Gasteiger charge is 2.25. The third-order valence-corrected chi connectivity index (χ3v) is 4.84. The smallest absolute Gasteiger partial charge is 0.265 e. The normalized spacial score (nSPS) is 11.0. The van der Waals surface area contributed by atoms with E-state index in [2.05, 4.69) is 31.6 Å². The molecule has 0 aliphatic heterocycles. The van der Waals surface area contributed by atoms with E-state index in [1.165, 1.54) is 23.2 Å². The van der Waals surface area contributed by atoms with Gasteiger partial charge in [-0.3, -0.25) is 19.6 Å². The SMILES string of the molecule is O=C(NN=Cc1ccc(Cl)cc1Cl)c1nn(Cc2ccc(Br)cc2)cc1[N+](=O)[O-]. The Labute approximate surface area is 183 Å². The average molecular weight is 497 g/mol. The van der Waals surface area contributed by atoms with Crippen LogP contribution in [-0.2, 0) is 6.54 Å². The van der Waals surface area contributed by atoms with E-state index in [-0.39, 0.29) is 12.2 Å². The van der Waals surface area contributed by atoms with Crippen LogP contribution in [0.1, 0.15) is 21.6 Å². The molecule has 0 aliphatic rings. The molecule has 11 heteroatoms. The molecule has 0 fully saturated rings. The topological polar surface area (TPSA) is 102 Å². The van der Waals surface area contributed by atoms with Crippen molar-refractivity contribution in [3.8, 4) is 0 Å². The van der Waals surface area contributed by atoms with Crippen molar-refractivity contribution in [2.45, 2.75) is 6.54 Å². The molecule has 0 atom stereocenters. The molecule has 3 aromatic rings. The lowest BCUT2D eigenvalue weighted by molar-refractivity contribution is -0.385. The predicted molar refractivity (Wildman–Crippen MR) is 114 cm³/mol. The molecular formula is C18H12BrCl2N5O3. The van der Waals surface area contributed by atoms with Crippen molar-refractivity contribution in [1.29, 1.82) is 0 Å². The maximum atomic E-state index is 12.3. The van der Waals surface area contributed by atoms with E-state index in [1.54, 1.807) is 12.1 Å². The summed E-state index contributed by atoms with van der Waals surface area (Å²) in [4.78, 5) is 23.0. The lowest BCUT2D eigenvalue weighted by atomic mass is 10.2. The van der Waals surface area contributed by atoms with E-state index in [9.17, 15) is 14.9 Å². The van der Waals surface area contributed by atoms with Crippen molar-refractivity contribution >= 4 is 56.9 Å². The third-order valence-electron chi connectivity index (χ3n) is 3.74. The fourth-order valence-corrected chi connectivity index (χ4v) is 3.11. The fraction of sp³-hybridized carbons (Fsp3) is 0.0556. The number of nitrogens with zero attached hydrogens (tertiary/aromatic N) is 4. The van der Waals surface area contributed by atoms with Crippen LogP contribution in [-0.4, -0.2) is 26.8 Å². The number of halogens is 3. The number of carbonyl (C=O) groups excluding carboxylic acids is 1. The summed E-state index contributed by atoms with van der Waals surface area (Å²) < 4.78 is 2.24. The van der Waals surface area contributed by atoms with Gasteiger partial charge in [0, 0.05) is 15.1 Å². The van der Waals surface area contributed by atoms with Crippen LogP contribution in [0, 0.1) is 10.1 Å². The molecule has 0 spiro atoms. The Hall–Kier alpha value is -2.75. The van der Waals surface area contributed by atoms with E-state index >= 15 is 0 Å². The molecule has 1 aromatic heterocycles. The summed E-state index contributed by atoms with van der Waals surface area (Å²) in [6, 6.07) is 12.1. The van der Waals surface area contributed by atoms with Crippen LogP contribution in [0.15, 0.2) is 58.2 Å². The summed E-state index contributed by atoms with van der Waals surface area (Å²) in [5, 5.41) is 19.9. The number of carbonyl (C=O) groups is 1. The molecule has 3 rings (SSSR count). The molecule has 148 valence electrons. The van der Waals surface area contributed by atoms with Gasteiger partial charge >= 0.3 is 5.69 Å². The van der Waals surface area contributed by atoms with Gasteiger partial charge in [0.2, 0.25) is 5.69 Å². The molecule has 0 bridgehead atoms. The molecule has 2 aromatic carbocycles. The van der Waals surface area contributed by atoms with E-state index in [0.717, 1.165) is 10.0 Å². The van der Waals surface area contributed by atoms with Gasteiger partial charge in [0.15, 0.2) is 0 Å². The van der Waals surface area contributed by atoms with Crippen molar-refractivity contribution in [1.82, 2.24) is 15.2 Å². The number of rotatable bonds is 6. The van der Waals surface area contributed by atoms with Gasteiger partial charge in [-0.25, -0.2) is 5.43 Å². The first kappa shape index (κ1) is 21.0. The lowest BCUT2D eigenvalue weighted by Crippen LogP contribution is -2.19. The summed E-state index contributed by atoms with van der Waals surface area (Å²) in [7, 11) is 0. The van der Waals surface area contributed by atoms with Gasteiger partial charge in [0.1, 0.15) is 6.20 Å². The zero-order chi connectivity index (χ0) is 21.0. The van der Waals surface area contributed by atoms with Gasteiger partial charge in [0.25, 0.3) is 5.91 Å². The minimum absolute atomic E-state index is 0.269. The number of hydrogen-bond acceptors (Lipinski definition) is 5. The largest absolute Gasteiger partial charge is 0.320 e. The molecule has 1 amide bonds. The number of hydrogen-bond donors (Lipinski definition) is 1. The second-order valence-electron chi connectivity index (χ2n) is 5.81. The van der Waals surface area contributed by atoms with Crippen molar-refractivity contribution < 1.29 is 9.72 Å². The summed E-state index contributed by atoms with van der Waals surface area (Å²) in [5.74, 6) is -0.812. The van der Waals surface area contributed by atoms with Crippen LogP contribution in [0.5, 0.6) is 0 Å². The molecular weight excluding hydrogens is 485 g/mol. The Kier molecular flexibility index (Phi) is 6.63. The molecule has 1 N–H and O–H groups in total. The van der Waals surface area contributed by atoms with Gasteiger partial charge in [-0.05, 0) is 29.8 Å². The fourth-order valence-electron chi connectivity index (χ4n) is 2.38. The minimum atomic E-state index is -0.812. The highest BCUT2D eigenvalue weighted by Crippen LogP contribution is 2.20. The van der Waals surface area contributed by atoms with Gasteiger partial charge in [-0.1, -0.05) is 57.3 Å². The maximum Gasteiger partial charge on any atom is 0.320 e. The van der Waals surface area contributed by atoms with Crippen molar-refractivity contribution in [2.24, 2.45) is 5.10 Å². The number of nitrogens with one attached hydrogen (secondary N) is 1. The zero-order valence-electron chi connectivity index (χ0n) is 14.6. The molecule has 0 saturated heterocycles. The maximum absolute atomic E-state index is 12.3. The van der Waals surface area contributed by atoms with Crippen LogP contribution in [0.4, 0.5) is 5.69 Å². The summed E-state index contributed by atoms with van der Waals surface area (Å²) in [6.45, 7) is 0.269. The number of aromatic nitrogens is 2. The first-order chi connectivity index (χ1) is 13.8. The van der Waals surface area contributed by atoms with Gasteiger partial charge in [-0.15, -0.1) is 0 Å². The summed E-state index contributed by atoms with van der Waals surface area (Å²) >= 11 is 15.2. The Morgan fingerprint density at radius 1 is 1.28 bits per heavy atom. The van der Waals surface area contributed by atoms with Gasteiger partial charge in [-0.2, -0.15) is 10.2 Å². The molecule has 8 nitrogen and oxygen atoms in total. The molecule has 0 radical (unpaired) electrons.